The van der Waals surface area contributed by atoms with Gasteiger partial charge >= 0.3 is 5.97 Å². The topological polar surface area (TPSA) is 164 Å². The lowest BCUT2D eigenvalue weighted by Crippen LogP contribution is -2.42. The summed E-state index contributed by atoms with van der Waals surface area (Å²) >= 11 is 2.62. The van der Waals surface area contributed by atoms with Crippen LogP contribution in [0.3, 0.4) is 0 Å². The summed E-state index contributed by atoms with van der Waals surface area (Å²) in [7, 11) is 1.95. The van der Waals surface area contributed by atoms with Crippen molar-refractivity contribution in [3.63, 3.8) is 0 Å². The molecule has 11 nitrogen and oxygen atoms in total. The number of halogens is 2. The van der Waals surface area contributed by atoms with Crippen LogP contribution in [0.1, 0.15) is 59.1 Å². The Kier molecular flexibility index (Phi) is 13.1. The summed E-state index contributed by atoms with van der Waals surface area (Å²) in [5.74, 6) is -1.65. The Morgan fingerprint density at radius 3 is 2.38 bits per heavy atom. The molecular formula is C38H42F2N4O7S2. The molecule has 6 N–H and O–H groups in total. The number of hydrogen-bond donors (Lipinski definition) is 6. The molecule has 1 amide bonds. The number of hydrogen-bond acceptors (Lipinski definition) is 11. The Morgan fingerprint density at radius 2 is 1.74 bits per heavy atom. The van der Waals surface area contributed by atoms with E-state index in [9.17, 15) is 34.1 Å². The van der Waals surface area contributed by atoms with Crippen LogP contribution < -0.4 is 16.2 Å². The fraction of sp³-hybridized carbons (Fsp3) is 0.342. The average molecular weight is 769 g/mol. The van der Waals surface area contributed by atoms with Gasteiger partial charge in [0.05, 0.1) is 27.1 Å². The van der Waals surface area contributed by atoms with E-state index in [1.165, 1.54) is 46.9 Å². The van der Waals surface area contributed by atoms with Gasteiger partial charge in [0.1, 0.15) is 17.7 Å². The van der Waals surface area contributed by atoms with Crippen molar-refractivity contribution in [2.24, 2.45) is 0 Å². The van der Waals surface area contributed by atoms with Gasteiger partial charge in [0.25, 0.3) is 0 Å². The second-order valence-corrected chi connectivity index (χ2v) is 14.9. The predicted molar refractivity (Wildman–Crippen MR) is 201 cm³/mol. The second-order valence-electron chi connectivity index (χ2n) is 13.0. The highest BCUT2D eigenvalue weighted by atomic mass is 32.1. The van der Waals surface area contributed by atoms with Crippen molar-refractivity contribution in [2.45, 2.75) is 62.5 Å². The van der Waals surface area contributed by atoms with Crippen molar-refractivity contribution >= 4 is 51.1 Å². The molecule has 0 spiro atoms. The quantitative estimate of drug-likeness (QED) is 0.0799. The molecule has 0 saturated heterocycles. The average Bonchev–Trinajstić information content (AvgIpc) is 3.89. The number of anilines is 1. The summed E-state index contributed by atoms with van der Waals surface area (Å²) in [5.41, 5.74) is -0.740. The number of esters is 1. The van der Waals surface area contributed by atoms with Crippen LogP contribution in [0.5, 0.6) is 5.75 Å². The van der Waals surface area contributed by atoms with Crippen molar-refractivity contribution in [3.8, 4) is 5.75 Å². The molecule has 15 heteroatoms. The van der Waals surface area contributed by atoms with Gasteiger partial charge in [-0.25, -0.2) is 9.18 Å². The number of phenols is 1. The number of H-pyrrole nitrogens is 1. The molecule has 3 heterocycles. The van der Waals surface area contributed by atoms with Crippen molar-refractivity contribution in [1.82, 2.24) is 15.2 Å². The molecule has 2 aromatic carbocycles. The summed E-state index contributed by atoms with van der Waals surface area (Å²) < 4.78 is 20.8. The van der Waals surface area contributed by atoms with Crippen molar-refractivity contribution < 1.29 is 38.7 Å². The van der Waals surface area contributed by atoms with Crippen LogP contribution >= 0.6 is 22.7 Å². The molecular weight excluding hydrogens is 727 g/mol. The summed E-state index contributed by atoms with van der Waals surface area (Å²) in [6, 6.07) is 17.6. The summed E-state index contributed by atoms with van der Waals surface area (Å²) in [5, 5.41) is 42.3. The maximum atomic E-state index is 15.0. The highest BCUT2D eigenvalue weighted by Gasteiger charge is 2.45. The molecule has 6 rings (SSSR count). The molecule has 0 bridgehead atoms. The number of phenolic OH excluding ortho intramolecular Hbond substituents is 1. The number of aliphatic hydroxyl groups excluding tert-OH is 1. The van der Waals surface area contributed by atoms with E-state index in [2.05, 4.69) is 20.5 Å². The molecule has 5 aromatic rings. The van der Waals surface area contributed by atoms with E-state index in [4.69, 9.17) is 4.74 Å². The monoisotopic (exact) mass is 768 g/mol. The third-order valence-electron chi connectivity index (χ3n) is 9.52. The van der Waals surface area contributed by atoms with Crippen LogP contribution in [0, 0.1) is 5.82 Å². The summed E-state index contributed by atoms with van der Waals surface area (Å²) in [4.78, 5) is 43.5. The molecule has 282 valence electrons. The van der Waals surface area contributed by atoms with Gasteiger partial charge in [-0.3, -0.25) is 14.3 Å². The Labute approximate surface area is 312 Å². The number of fused-ring (bicyclic) bond motifs is 1. The van der Waals surface area contributed by atoms with Crippen molar-refractivity contribution in [3.05, 3.63) is 115 Å². The van der Waals surface area contributed by atoms with Gasteiger partial charge in [0.15, 0.2) is 0 Å². The van der Waals surface area contributed by atoms with Crippen molar-refractivity contribution in [2.75, 3.05) is 25.5 Å². The first-order valence-electron chi connectivity index (χ1n) is 17.1. The third-order valence-corrected chi connectivity index (χ3v) is 11.5. The SMILES string of the molecule is CN(CCC(=O)Nc1ccc(CNCC(O)c2ccc(O)c3[nH]c(=O)ccc23)cc1F)C1CCC(OC(=O)C(O)(c2cccs2)c2cccs2)CC1.F. The molecule has 1 fully saturated rings. The van der Waals surface area contributed by atoms with Crippen LogP contribution in [0.25, 0.3) is 10.9 Å². The Bertz CT molecular complexity index is 2020. The van der Waals surface area contributed by atoms with E-state index in [0.717, 1.165) is 12.8 Å². The number of ether oxygens (including phenoxy) is 1. The Balaban J connectivity index is 0.00000541. The maximum absolute atomic E-state index is 15.0. The van der Waals surface area contributed by atoms with Crippen LogP contribution in [0.15, 0.2) is 82.3 Å². The van der Waals surface area contributed by atoms with Gasteiger partial charge in [0.2, 0.25) is 17.1 Å². The number of rotatable bonds is 14. The van der Waals surface area contributed by atoms with E-state index >= 15 is 0 Å². The van der Waals surface area contributed by atoms with Crippen LogP contribution in [0.4, 0.5) is 14.8 Å². The number of thiophene rings is 2. The molecule has 53 heavy (non-hydrogen) atoms. The fourth-order valence-electron chi connectivity index (χ4n) is 6.59. The molecule has 3 aromatic heterocycles. The molecule has 1 aliphatic rings. The standard InChI is InChI=1S/C38H41FN4O7S2.FH/c1-43(24-7-9-25(10-8-24)50-37(48)38(49,32-4-2-18-51-32)33-5-3-19-52-33)17-16-35(47)41-29-13-6-23(20-28(29)39)21-40-22-31(45)26-11-14-30(44)36-27(26)12-15-34(46)42-36;/h2-6,11-15,18-20,24-25,31,40,44-45,49H,7-10,16-17,21-22H2,1H3,(H,41,47)(H,42,46);1H. The first kappa shape index (κ1) is 39.7. The van der Waals surface area contributed by atoms with Crippen LogP contribution in [0.2, 0.25) is 0 Å². The van der Waals surface area contributed by atoms with Gasteiger partial charge in [-0.15, -0.1) is 22.7 Å². The maximum Gasteiger partial charge on any atom is 0.349 e. The lowest BCUT2D eigenvalue weighted by molar-refractivity contribution is -0.169. The van der Waals surface area contributed by atoms with Gasteiger partial charge in [-0.05, 0) is 91.0 Å². The largest absolute Gasteiger partial charge is 0.506 e. The number of benzene rings is 2. The van der Waals surface area contributed by atoms with E-state index in [1.807, 2.05) is 17.8 Å². The number of aliphatic hydroxyl groups is 2. The number of carbonyl (C=O) groups excluding carboxylic acids is 2. The zero-order chi connectivity index (χ0) is 36.8. The number of aromatic hydroxyl groups is 1. The van der Waals surface area contributed by atoms with Crippen LogP contribution in [-0.4, -0.2) is 69.4 Å². The first-order chi connectivity index (χ1) is 25.0. The number of aromatic nitrogens is 1. The normalized spacial score (nSPS) is 16.6. The lowest BCUT2D eigenvalue weighted by Gasteiger charge is -2.35. The molecule has 1 unspecified atom stereocenters. The van der Waals surface area contributed by atoms with Gasteiger partial charge in [0, 0.05) is 43.5 Å². The minimum Gasteiger partial charge on any atom is -0.506 e. The third kappa shape index (κ3) is 9.18. The number of carbonyl (C=O) groups is 2. The Morgan fingerprint density at radius 1 is 1.04 bits per heavy atom. The number of amides is 1. The fourth-order valence-corrected chi connectivity index (χ4v) is 8.30. The highest BCUT2D eigenvalue weighted by molar-refractivity contribution is 7.12. The molecule has 0 aliphatic heterocycles. The van der Waals surface area contributed by atoms with E-state index in [0.29, 0.717) is 45.7 Å². The molecule has 1 aliphatic carbocycles. The molecule has 0 radical (unpaired) electrons. The smallest absolute Gasteiger partial charge is 0.349 e. The predicted octanol–water partition coefficient (Wildman–Crippen LogP) is 5.52. The zero-order valence-electron chi connectivity index (χ0n) is 28.9. The number of nitrogens with zero attached hydrogens (tertiary/aromatic N) is 1. The second kappa shape index (κ2) is 17.5. The van der Waals surface area contributed by atoms with Gasteiger partial charge < -0.3 is 40.6 Å². The van der Waals surface area contributed by atoms with Gasteiger partial charge in [-0.2, -0.15) is 0 Å². The Hall–Kier alpha value is -4.51. The summed E-state index contributed by atoms with van der Waals surface area (Å²) in [6.07, 6.45) is 1.70. The van der Waals surface area contributed by atoms with Crippen molar-refractivity contribution in [1.29, 1.82) is 0 Å². The minimum absolute atomic E-state index is 0. The van der Waals surface area contributed by atoms with Crippen LogP contribution in [-0.2, 0) is 26.5 Å². The zero-order valence-corrected chi connectivity index (χ0v) is 30.6. The van der Waals surface area contributed by atoms with E-state index < -0.39 is 23.5 Å². The first-order valence-corrected chi connectivity index (χ1v) is 18.8. The number of aromatic amines is 1. The highest BCUT2D eigenvalue weighted by Crippen LogP contribution is 2.38. The van der Waals surface area contributed by atoms with E-state index in [-0.39, 0.29) is 64.8 Å². The molecule has 1 atom stereocenters. The van der Waals surface area contributed by atoms with Gasteiger partial charge in [-0.1, -0.05) is 24.3 Å². The number of nitrogens with one attached hydrogen (secondary N) is 3. The lowest BCUT2D eigenvalue weighted by atomic mass is 9.91. The number of pyridine rings is 1. The molecule has 1 saturated carbocycles. The minimum atomic E-state index is -1.83. The summed E-state index contributed by atoms with van der Waals surface area (Å²) in [6.45, 7) is 0.856. The van der Waals surface area contributed by atoms with E-state index in [1.54, 1.807) is 42.5 Å².